The molecule has 94 valence electrons. The molecule has 0 amide bonds. The molecule has 0 heterocycles. The molecule has 2 unspecified atom stereocenters. The number of anilines is 1. The Hall–Kier alpha value is -1.66. The smallest absolute Gasteiger partial charge is 0.292 e. The lowest BCUT2D eigenvalue weighted by molar-refractivity contribution is -0.384. The second kappa shape index (κ2) is 5.11. The predicted octanol–water partition coefficient (Wildman–Crippen LogP) is 1.39. The van der Waals surface area contributed by atoms with Gasteiger partial charge >= 0.3 is 0 Å². The second-order valence-electron chi connectivity index (χ2n) is 3.92. The highest BCUT2D eigenvalue weighted by molar-refractivity contribution is 5.64. The average molecular weight is 240 g/mol. The average Bonchev–Trinajstić information content (AvgIpc) is 2.19. The van der Waals surface area contributed by atoms with Crippen LogP contribution in [0.25, 0.3) is 0 Å². The number of rotatable bonds is 4. The Morgan fingerprint density at radius 1 is 1.29 bits per heavy atom. The zero-order valence-corrected chi connectivity index (χ0v) is 9.99. The van der Waals surface area contributed by atoms with E-state index in [0.29, 0.717) is 0 Å². The van der Waals surface area contributed by atoms with E-state index in [4.69, 9.17) is 0 Å². The lowest BCUT2D eigenvalue weighted by Crippen LogP contribution is -2.40. The third kappa shape index (κ3) is 2.92. The van der Waals surface area contributed by atoms with Gasteiger partial charge in [0.15, 0.2) is 0 Å². The molecule has 1 aromatic rings. The molecule has 0 aliphatic rings. The van der Waals surface area contributed by atoms with E-state index in [-0.39, 0.29) is 11.4 Å². The molecule has 2 atom stereocenters. The molecule has 17 heavy (non-hydrogen) atoms. The topological polar surface area (TPSA) is 86.8 Å². The van der Waals surface area contributed by atoms with Gasteiger partial charge in [0, 0.05) is 6.07 Å². The second-order valence-corrected chi connectivity index (χ2v) is 3.92. The van der Waals surface area contributed by atoms with E-state index in [2.05, 4.69) is 0 Å². The van der Waals surface area contributed by atoms with Crippen LogP contribution in [-0.4, -0.2) is 27.6 Å². The summed E-state index contributed by atoms with van der Waals surface area (Å²) in [6.07, 6.45) is -2.03. The first kappa shape index (κ1) is 13.4. The van der Waals surface area contributed by atoms with Gasteiger partial charge in [-0.3, -0.25) is 10.1 Å². The third-order valence-corrected chi connectivity index (χ3v) is 2.41. The van der Waals surface area contributed by atoms with Crippen LogP contribution in [0.4, 0.5) is 11.4 Å². The van der Waals surface area contributed by atoms with Gasteiger partial charge in [0.25, 0.3) is 5.69 Å². The number of benzene rings is 1. The number of nitro benzene ring substituents is 1. The molecule has 1 rings (SSSR count). The number of aliphatic hydroxyl groups is 2. The lowest BCUT2D eigenvalue weighted by Gasteiger charge is -2.30. The minimum Gasteiger partial charge on any atom is -0.374 e. The maximum Gasteiger partial charge on any atom is 0.292 e. The van der Waals surface area contributed by atoms with Gasteiger partial charge in [0.1, 0.15) is 18.1 Å². The van der Waals surface area contributed by atoms with Crippen molar-refractivity contribution in [1.82, 2.24) is 0 Å². The van der Waals surface area contributed by atoms with Gasteiger partial charge in [0.2, 0.25) is 0 Å². The number of aryl methyl sites for hydroxylation is 1. The first-order valence-corrected chi connectivity index (χ1v) is 5.24. The van der Waals surface area contributed by atoms with Crippen LogP contribution in [0.2, 0.25) is 0 Å². The van der Waals surface area contributed by atoms with Crippen LogP contribution in [0, 0.1) is 17.0 Å². The van der Waals surface area contributed by atoms with Crippen LogP contribution in [0.1, 0.15) is 19.4 Å². The fourth-order valence-electron chi connectivity index (χ4n) is 1.71. The van der Waals surface area contributed by atoms with E-state index in [1.807, 2.05) is 0 Å². The Balaban J connectivity index is 3.32. The van der Waals surface area contributed by atoms with E-state index in [0.717, 1.165) is 5.56 Å². The summed E-state index contributed by atoms with van der Waals surface area (Å²) in [5, 5.41) is 30.0. The molecule has 0 aromatic heterocycles. The predicted molar refractivity (Wildman–Crippen MR) is 63.7 cm³/mol. The van der Waals surface area contributed by atoms with Gasteiger partial charge in [0.05, 0.1) is 4.92 Å². The first-order valence-electron chi connectivity index (χ1n) is 5.24. The fraction of sp³-hybridized carbons (Fsp3) is 0.455. The lowest BCUT2D eigenvalue weighted by atomic mass is 10.1. The molecule has 0 saturated heterocycles. The van der Waals surface area contributed by atoms with Crippen molar-refractivity contribution < 1.29 is 15.1 Å². The molecule has 0 saturated carbocycles. The zero-order chi connectivity index (χ0) is 13.2. The molecular weight excluding hydrogens is 224 g/mol. The minimum atomic E-state index is -1.02. The third-order valence-electron chi connectivity index (χ3n) is 2.41. The van der Waals surface area contributed by atoms with Gasteiger partial charge in [-0.05, 0) is 32.4 Å². The monoisotopic (exact) mass is 240 g/mol. The quantitative estimate of drug-likeness (QED) is 0.471. The highest BCUT2D eigenvalue weighted by Crippen LogP contribution is 2.31. The van der Waals surface area contributed by atoms with Gasteiger partial charge in [-0.15, -0.1) is 0 Å². The highest BCUT2D eigenvalue weighted by Gasteiger charge is 2.25. The number of hydrogen-bond acceptors (Lipinski definition) is 5. The van der Waals surface area contributed by atoms with Crippen LogP contribution >= 0.6 is 0 Å². The SMILES string of the molecule is Cc1ccc(N(C(C)O)C(C)O)c([N+](=O)[O-])c1. The summed E-state index contributed by atoms with van der Waals surface area (Å²) in [5.41, 5.74) is 0.814. The molecule has 2 N–H and O–H groups in total. The van der Waals surface area contributed by atoms with Crippen LogP contribution in [0.3, 0.4) is 0 Å². The van der Waals surface area contributed by atoms with Crippen molar-refractivity contribution >= 4 is 11.4 Å². The Kier molecular flexibility index (Phi) is 4.03. The van der Waals surface area contributed by atoms with E-state index in [1.165, 1.54) is 30.9 Å². The minimum absolute atomic E-state index is 0.133. The summed E-state index contributed by atoms with van der Waals surface area (Å²) >= 11 is 0. The van der Waals surface area contributed by atoms with Crippen LogP contribution in [-0.2, 0) is 0 Å². The Bertz CT molecular complexity index is 410. The molecule has 0 spiro atoms. The summed E-state index contributed by atoms with van der Waals surface area (Å²) in [6.45, 7) is 4.62. The van der Waals surface area contributed by atoms with Crippen molar-refractivity contribution in [3.05, 3.63) is 33.9 Å². The number of nitrogens with zero attached hydrogens (tertiary/aromatic N) is 2. The Morgan fingerprint density at radius 2 is 1.82 bits per heavy atom. The van der Waals surface area contributed by atoms with Crippen molar-refractivity contribution in [1.29, 1.82) is 0 Å². The van der Waals surface area contributed by atoms with Crippen LogP contribution in [0.15, 0.2) is 18.2 Å². The van der Waals surface area contributed by atoms with Gasteiger partial charge < -0.3 is 15.1 Å². The maximum absolute atomic E-state index is 10.9. The molecule has 0 aliphatic heterocycles. The van der Waals surface area contributed by atoms with Gasteiger partial charge in [-0.2, -0.15) is 0 Å². The number of nitro groups is 1. The molecule has 0 radical (unpaired) electrons. The Labute approximate surface area is 99.3 Å². The van der Waals surface area contributed by atoms with E-state index in [1.54, 1.807) is 13.0 Å². The number of hydrogen-bond donors (Lipinski definition) is 2. The molecule has 0 fully saturated rings. The normalized spacial score (nSPS) is 14.2. The molecule has 1 aromatic carbocycles. The van der Waals surface area contributed by atoms with Crippen molar-refractivity contribution in [2.24, 2.45) is 0 Å². The van der Waals surface area contributed by atoms with Crippen LogP contribution < -0.4 is 4.90 Å². The van der Waals surface area contributed by atoms with Crippen LogP contribution in [0.5, 0.6) is 0 Å². The van der Waals surface area contributed by atoms with E-state index >= 15 is 0 Å². The van der Waals surface area contributed by atoms with Crippen molar-refractivity contribution in [2.75, 3.05) is 4.90 Å². The fourth-order valence-corrected chi connectivity index (χ4v) is 1.71. The summed E-state index contributed by atoms with van der Waals surface area (Å²) in [6, 6.07) is 4.63. The van der Waals surface area contributed by atoms with Crippen molar-refractivity contribution in [2.45, 2.75) is 33.2 Å². The summed E-state index contributed by atoms with van der Waals surface area (Å²) in [7, 11) is 0. The maximum atomic E-state index is 10.9. The highest BCUT2D eigenvalue weighted by atomic mass is 16.6. The molecule has 0 aliphatic carbocycles. The summed E-state index contributed by atoms with van der Waals surface area (Å²) in [5.74, 6) is 0. The van der Waals surface area contributed by atoms with Crippen molar-refractivity contribution in [3.63, 3.8) is 0 Å². The van der Waals surface area contributed by atoms with Gasteiger partial charge in [-0.25, -0.2) is 0 Å². The summed E-state index contributed by atoms with van der Waals surface area (Å²) in [4.78, 5) is 11.6. The first-order chi connectivity index (χ1) is 7.84. The zero-order valence-electron chi connectivity index (χ0n) is 9.99. The largest absolute Gasteiger partial charge is 0.374 e. The van der Waals surface area contributed by atoms with Crippen molar-refractivity contribution in [3.8, 4) is 0 Å². The van der Waals surface area contributed by atoms with E-state index in [9.17, 15) is 20.3 Å². The summed E-state index contributed by atoms with van der Waals surface area (Å²) < 4.78 is 0. The standard InChI is InChI=1S/C11H16N2O4/c1-7-4-5-10(11(6-7)13(16)17)12(8(2)14)9(3)15/h4-6,8-9,14-15H,1-3H3. The van der Waals surface area contributed by atoms with E-state index < -0.39 is 17.4 Å². The number of aliphatic hydroxyl groups excluding tert-OH is 2. The Morgan fingerprint density at radius 3 is 2.24 bits per heavy atom. The molecule has 6 heteroatoms. The van der Waals surface area contributed by atoms with Gasteiger partial charge in [-0.1, -0.05) is 6.07 Å². The molecule has 6 nitrogen and oxygen atoms in total. The molecule has 0 bridgehead atoms. The molecular formula is C11H16N2O4.